The van der Waals surface area contributed by atoms with Crippen molar-refractivity contribution in [2.75, 3.05) is 18.1 Å². The van der Waals surface area contributed by atoms with Crippen LogP contribution in [0.15, 0.2) is 24.3 Å². The number of rotatable bonds is 7. The number of nitrogens with zero attached hydrogens (tertiary/aromatic N) is 1. The van der Waals surface area contributed by atoms with Crippen LogP contribution in [0, 0.1) is 0 Å². The molecule has 0 saturated carbocycles. The van der Waals surface area contributed by atoms with Crippen LogP contribution in [0.2, 0.25) is 0 Å². The van der Waals surface area contributed by atoms with E-state index >= 15 is 0 Å². The first-order valence-electron chi connectivity index (χ1n) is 8.48. The first kappa shape index (κ1) is 18.6. The van der Waals surface area contributed by atoms with E-state index in [0.29, 0.717) is 18.5 Å². The molecule has 24 heavy (non-hydrogen) atoms. The first-order chi connectivity index (χ1) is 11.4. The van der Waals surface area contributed by atoms with Gasteiger partial charge in [-0.3, -0.25) is 9.59 Å². The van der Waals surface area contributed by atoms with Gasteiger partial charge in [0.15, 0.2) is 15.6 Å². The number of Topliss-reactive ketones (excluding diaryl/α,β-unsaturated/α-hetero) is 1. The Labute approximate surface area is 144 Å². The van der Waals surface area contributed by atoms with Gasteiger partial charge in [-0.1, -0.05) is 31.2 Å². The normalized spacial score (nSPS) is 19.2. The van der Waals surface area contributed by atoms with Gasteiger partial charge < -0.3 is 4.90 Å². The molecule has 1 amide bonds. The summed E-state index contributed by atoms with van der Waals surface area (Å²) in [7, 11) is -3.03. The van der Waals surface area contributed by atoms with Crippen molar-refractivity contribution >= 4 is 21.5 Å². The molecule has 1 unspecified atom stereocenters. The molecule has 0 radical (unpaired) electrons. The summed E-state index contributed by atoms with van der Waals surface area (Å²) in [6, 6.07) is 7.21. The summed E-state index contributed by atoms with van der Waals surface area (Å²) in [6.07, 6.45) is 1.69. The maximum atomic E-state index is 12.4. The molecule has 1 heterocycles. The highest BCUT2D eigenvalue weighted by Gasteiger charge is 2.33. The quantitative estimate of drug-likeness (QED) is 0.706. The molecule has 1 fully saturated rings. The molecule has 1 aromatic carbocycles. The van der Waals surface area contributed by atoms with E-state index in [1.165, 1.54) is 5.56 Å². The lowest BCUT2D eigenvalue weighted by atomic mass is 10.0. The van der Waals surface area contributed by atoms with Crippen LogP contribution in [0.3, 0.4) is 0 Å². The first-order valence-corrected chi connectivity index (χ1v) is 10.3. The molecule has 0 aromatic heterocycles. The lowest BCUT2D eigenvalue weighted by Crippen LogP contribution is -2.41. The van der Waals surface area contributed by atoms with E-state index in [1.807, 2.05) is 19.1 Å². The third kappa shape index (κ3) is 4.66. The number of carbonyl (C=O) groups is 2. The van der Waals surface area contributed by atoms with Crippen LogP contribution in [-0.4, -0.2) is 49.1 Å². The van der Waals surface area contributed by atoms with Crippen molar-refractivity contribution in [3.8, 4) is 0 Å². The fourth-order valence-corrected chi connectivity index (χ4v) is 4.82. The molecular weight excluding hydrogens is 326 g/mol. The number of hydrogen-bond donors (Lipinski definition) is 0. The minimum Gasteiger partial charge on any atom is -0.339 e. The number of amides is 1. The van der Waals surface area contributed by atoms with Crippen molar-refractivity contribution in [1.82, 2.24) is 4.90 Å². The molecule has 1 saturated heterocycles. The third-order valence-corrected chi connectivity index (χ3v) is 6.31. The Morgan fingerprint density at radius 3 is 2.29 bits per heavy atom. The number of ketones is 1. The number of hydrogen-bond acceptors (Lipinski definition) is 4. The molecule has 0 aliphatic carbocycles. The van der Waals surface area contributed by atoms with E-state index < -0.39 is 9.84 Å². The van der Waals surface area contributed by atoms with E-state index in [1.54, 1.807) is 17.0 Å². The lowest BCUT2D eigenvalue weighted by molar-refractivity contribution is -0.132. The molecule has 5 nitrogen and oxygen atoms in total. The van der Waals surface area contributed by atoms with Gasteiger partial charge in [-0.25, -0.2) is 8.42 Å². The fraction of sp³-hybridized carbons (Fsp3) is 0.556. The molecule has 0 spiro atoms. The van der Waals surface area contributed by atoms with E-state index in [9.17, 15) is 18.0 Å². The van der Waals surface area contributed by atoms with Crippen molar-refractivity contribution < 1.29 is 18.0 Å². The molecule has 132 valence electrons. The van der Waals surface area contributed by atoms with E-state index in [2.05, 4.69) is 6.92 Å². The van der Waals surface area contributed by atoms with Gasteiger partial charge in [0.2, 0.25) is 5.91 Å². The van der Waals surface area contributed by atoms with Crippen LogP contribution in [-0.2, 0) is 21.1 Å². The van der Waals surface area contributed by atoms with Crippen LogP contribution in [0.25, 0.3) is 0 Å². The van der Waals surface area contributed by atoms with Crippen LogP contribution >= 0.6 is 0 Å². The summed E-state index contributed by atoms with van der Waals surface area (Å²) >= 11 is 0. The van der Waals surface area contributed by atoms with Gasteiger partial charge >= 0.3 is 0 Å². The number of carbonyl (C=O) groups excluding carboxylic acids is 2. The molecular formula is C18H25NO4S. The molecule has 1 aromatic rings. The second-order valence-electron chi connectivity index (χ2n) is 6.21. The summed E-state index contributed by atoms with van der Waals surface area (Å²) in [4.78, 5) is 26.2. The highest BCUT2D eigenvalue weighted by atomic mass is 32.2. The maximum absolute atomic E-state index is 12.4. The lowest BCUT2D eigenvalue weighted by Gasteiger charge is -2.26. The fourth-order valence-electron chi connectivity index (χ4n) is 3.09. The molecule has 0 bridgehead atoms. The second-order valence-corrected chi connectivity index (χ2v) is 8.44. The zero-order valence-corrected chi connectivity index (χ0v) is 15.1. The average Bonchev–Trinajstić information content (AvgIpc) is 2.93. The monoisotopic (exact) mass is 351 g/mol. The minimum absolute atomic E-state index is 0.0407. The van der Waals surface area contributed by atoms with E-state index in [4.69, 9.17) is 0 Å². The number of aryl methyl sites for hydroxylation is 1. The Hall–Kier alpha value is -1.69. The Morgan fingerprint density at radius 2 is 1.79 bits per heavy atom. The van der Waals surface area contributed by atoms with Gasteiger partial charge in [-0.15, -0.1) is 0 Å². The summed E-state index contributed by atoms with van der Waals surface area (Å²) in [5, 5.41) is 0. The predicted octanol–water partition coefficient (Wildman–Crippen LogP) is 2.25. The van der Waals surface area contributed by atoms with Gasteiger partial charge in [0.25, 0.3) is 0 Å². The molecule has 0 N–H and O–H groups in total. The van der Waals surface area contributed by atoms with Crippen molar-refractivity contribution in [1.29, 1.82) is 0 Å². The highest BCUT2D eigenvalue weighted by Crippen LogP contribution is 2.19. The van der Waals surface area contributed by atoms with Crippen LogP contribution in [0.4, 0.5) is 0 Å². The second kappa shape index (κ2) is 7.92. The van der Waals surface area contributed by atoms with Gasteiger partial charge in [-0.05, 0) is 25.3 Å². The Morgan fingerprint density at radius 1 is 1.12 bits per heavy atom. The molecule has 1 atom stereocenters. The van der Waals surface area contributed by atoms with Crippen molar-refractivity contribution in [3.63, 3.8) is 0 Å². The summed E-state index contributed by atoms with van der Waals surface area (Å²) in [5.41, 5.74) is 1.79. The third-order valence-electron chi connectivity index (χ3n) is 4.56. The predicted molar refractivity (Wildman–Crippen MR) is 93.8 cm³/mol. The zero-order valence-electron chi connectivity index (χ0n) is 14.3. The largest absolute Gasteiger partial charge is 0.339 e. The van der Waals surface area contributed by atoms with Crippen LogP contribution in [0.1, 0.15) is 49.0 Å². The topological polar surface area (TPSA) is 71.5 Å². The Balaban J connectivity index is 1.92. The molecule has 6 heteroatoms. The van der Waals surface area contributed by atoms with Crippen molar-refractivity contribution in [3.05, 3.63) is 35.4 Å². The Bertz CT molecular complexity index is 694. The zero-order chi connectivity index (χ0) is 17.7. The van der Waals surface area contributed by atoms with Crippen molar-refractivity contribution in [2.45, 2.75) is 45.6 Å². The van der Waals surface area contributed by atoms with Crippen molar-refractivity contribution in [2.24, 2.45) is 0 Å². The van der Waals surface area contributed by atoms with Gasteiger partial charge in [0, 0.05) is 31.0 Å². The van der Waals surface area contributed by atoms with Crippen LogP contribution < -0.4 is 0 Å². The smallest absolute Gasteiger partial charge is 0.223 e. The van der Waals surface area contributed by atoms with Gasteiger partial charge in [0.1, 0.15) is 0 Å². The number of benzene rings is 1. The average molecular weight is 351 g/mol. The summed E-state index contributed by atoms with van der Waals surface area (Å²) < 4.78 is 23.2. The van der Waals surface area contributed by atoms with E-state index in [-0.39, 0.29) is 42.1 Å². The minimum atomic E-state index is -3.03. The van der Waals surface area contributed by atoms with Gasteiger partial charge in [-0.2, -0.15) is 0 Å². The standard InChI is InChI=1S/C18H25NO4S/c1-3-14-5-7-15(8-6-14)17(20)9-10-18(21)19(4-2)16-11-12-24(22,23)13-16/h5-8,16H,3-4,9-13H2,1-2H3. The van der Waals surface area contributed by atoms with Crippen LogP contribution in [0.5, 0.6) is 0 Å². The molecule has 2 rings (SSSR count). The molecule has 1 aliphatic heterocycles. The maximum Gasteiger partial charge on any atom is 0.223 e. The summed E-state index contributed by atoms with van der Waals surface area (Å²) in [5.74, 6) is -0.0115. The molecule has 1 aliphatic rings. The van der Waals surface area contributed by atoms with E-state index in [0.717, 1.165) is 6.42 Å². The van der Waals surface area contributed by atoms with Gasteiger partial charge in [0.05, 0.1) is 11.5 Å². The SMILES string of the molecule is CCc1ccc(C(=O)CCC(=O)N(CC)C2CCS(=O)(=O)C2)cc1. The highest BCUT2D eigenvalue weighted by molar-refractivity contribution is 7.91. The number of sulfone groups is 1. The summed E-state index contributed by atoms with van der Waals surface area (Å²) in [6.45, 7) is 4.37. The Kier molecular flexibility index (Phi) is 6.15.